The standard InChI is InChI=1S/C55H99NO13/c1-3-5-7-9-11-13-15-17-19-21-22-23-25-27-29-31-33-35-37-39-47(60)56-43(44(59)38-36-34-32-30-28-26-24-20-18-16-14-12-10-8-6-4-2)42-66-54-52(65)50(63)53(46(41-58)68-54)69-55-51(64)49(62)48(61)45(40-57)67-55/h17-20,28,30,36,38,43-46,48-55,57-59,61-65H,3-16,21-27,29,31-35,37,39-42H2,1-2H3,(H,56,60)/b19-17-,20-18+,30-28+,38-36+. The van der Waals surface area contributed by atoms with E-state index in [0.29, 0.717) is 12.8 Å². The molecule has 9 N–H and O–H groups in total. The Labute approximate surface area is 416 Å². The van der Waals surface area contributed by atoms with Gasteiger partial charge in [0.1, 0.15) is 48.8 Å². The number of aliphatic hydroxyl groups excluding tert-OH is 8. The van der Waals surface area contributed by atoms with Crippen molar-refractivity contribution in [2.75, 3.05) is 19.8 Å². The molecule has 2 aliphatic heterocycles. The minimum absolute atomic E-state index is 0.257. The number of ether oxygens (including phenoxy) is 4. The second kappa shape index (κ2) is 41.4. The van der Waals surface area contributed by atoms with Crippen LogP contribution in [0.25, 0.3) is 0 Å². The fourth-order valence-corrected chi connectivity index (χ4v) is 8.73. The van der Waals surface area contributed by atoms with Crippen molar-refractivity contribution in [3.05, 3.63) is 48.6 Å². The predicted molar refractivity (Wildman–Crippen MR) is 272 cm³/mol. The zero-order valence-corrected chi connectivity index (χ0v) is 42.8. The summed E-state index contributed by atoms with van der Waals surface area (Å²) in [6.45, 7) is 2.75. The van der Waals surface area contributed by atoms with Crippen LogP contribution in [0.3, 0.4) is 0 Å². The second-order valence-electron chi connectivity index (χ2n) is 19.3. The number of allylic oxidation sites excluding steroid dienone is 7. The highest BCUT2D eigenvalue weighted by atomic mass is 16.7. The molecule has 2 saturated heterocycles. The lowest BCUT2D eigenvalue weighted by molar-refractivity contribution is -0.359. The molecule has 0 aromatic heterocycles. The topological polar surface area (TPSA) is 228 Å². The summed E-state index contributed by atoms with van der Waals surface area (Å²) in [5.74, 6) is -0.257. The number of carbonyl (C=O) groups excluding carboxylic acids is 1. The van der Waals surface area contributed by atoms with Crippen LogP contribution >= 0.6 is 0 Å². The Bertz CT molecular complexity index is 1340. The monoisotopic (exact) mass is 982 g/mol. The van der Waals surface area contributed by atoms with Gasteiger partial charge in [0.05, 0.1) is 32.0 Å². The molecule has 0 aromatic carbocycles. The minimum atomic E-state index is -1.79. The highest BCUT2D eigenvalue weighted by Gasteiger charge is 2.51. The van der Waals surface area contributed by atoms with Crippen molar-refractivity contribution in [2.24, 2.45) is 0 Å². The van der Waals surface area contributed by atoms with Crippen LogP contribution in [0, 0.1) is 0 Å². The molecule has 14 heteroatoms. The fraction of sp³-hybridized carbons (Fsp3) is 0.836. The van der Waals surface area contributed by atoms with E-state index in [1.165, 1.54) is 122 Å². The number of hydrogen-bond donors (Lipinski definition) is 9. The van der Waals surface area contributed by atoms with E-state index in [4.69, 9.17) is 18.9 Å². The summed E-state index contributed by atoms with van der Waals surface area (Å²) in [5, 5.41) is 86.8. The summed E-state index contributed by atoms with van der Waals surface area (Å²) < 4.78 is 22.7. The van der Waals surface area contributed by atoms with Gasteiger partial charge in [0.25, 0.3) is 0 Å². The zero-order valence-electron chi connectivity index (χ0n) is 42.8. The Balaban J connectivity index is 1.84. The van der Waals surface area contributed by atoms with Gasteiger partial charge in [-0.3, -0.25) is 4.79 Å². The van der Waals surface area contributed by atoms with Gasteiger partial charge in [0, 0.05) is 6.42 Å². The molecule has 0 saturated carbocycles. The van der Waals surface area contributed by atoms with Gasteiger partial charge < -0.3 is 65.1 Å². The maximum Gasteiger partial charge on any atom is 0.220 e. The highest BCUT2D eigenvalue weighted by Crippen LogP contribution is 2.30. The average Bonchev–Trinajstić information content (AvgIpc) is 3.35. The highest BCUT2D eigenvalue weighted by molar-refractivity contribution is 5.76. The summed E-state index contributed by atoms with van der Waals surface area (Å²) in [6.07, 6.45) is 32.9. The third-order valence-electron chi connectivity index (χ3n) is 13.2. The van der Waals surface area contributed by atoms with Crippen molar-refractivity contribution in [3.63, 3.8) is 0 Å². The van der Waals surface area contributed by atoms with Crippen LogP contribution in [-0.4, -0.2) is 140 Å². The van der Waals surface area contributed by atoms with E-state index in [1.54, 1.807) is 6.08 Å². The number of unbranched alkanes of at least 4 members (excludes halogenated alkanes) is 23. The van der Waals surface area contributed by atoms with Crippen molar-refractivity contribution in [1.82, 2.24) is 5.32 Å². The summed E-state index contributed by atoms with van der Waals surface area (Å²) >= 11 is 0. The molecule has 2 fully saturated rings. The van der Waals surface area contributed by atoms with Gasteiger partial charge in [-0.15, -0.1) is 0 Å². The lowest BCUT2D eigenvalue weighted by Crippen LogP contribution is -2.65. The van der Waals surface area contributed by atoms with Crippen LogP contribution in [0.2, 0.25) is 0 Å². The summed E-state index contributed by atoms with van der Waals surface area (Å²) in [6, 6.07) is -0.938. The molecular formula is C55H99NO13. The second-order valence-corrected chi connectivity index (χ2v) is 19.3. The van der Waals surface area contributed by atoms with Crippen molar-refractivity contribution in [3.8, 4) is 0 Å². The third kappa shape index (κ3) is 28.1. The van der Waals surface area contributed by atoms with Crippen molar-refractivity contribution < 1.29 is 64.6 Å². The Hall–Kier alpha value is -2.05. The molecule has 14 nitrogen and oxygen atoms in total. The maximum absolute atomic E-state index is 13.2. The first kappa shape index (κ1) is 63.1. The number of carbonyl (C=O) groups is 1. The SMILES string of the molecule is CCCCCCCC/C=C\CCCCCCCCCCCC(=O)NC(COC1OC(CO)C(OC2OC(CO)C(O)C(O)C2O)C(O)C1O)C(O)/C=C/CC/C=C/CC/C=C/CCCCCCCC. The molecule has 0 aliphatic carbocycles. The van der Waals surface area contributed by atoms with Gasteiger partial charge >= 0.3 is 0 Å². The Morgan fingerprint density at radius 3 is 1.42 bits per heavy atom. The molecule has 0 radical (unpaired) electrons. The van der Waals surface area contributed by atoms with Gasteiger partial charge in [0.2, 0.25) is 5.91 Å². The van der Waals surface area contributed by atoms with E-state index in [1.807, 2.05) is 6.08 Å². The van der Waals surface area contributed by atoms with Crippen LogP contribution in [0.5, 0.6) is 0 Å². The molecule has 12 atom stereocenters. The maximum atomic E-state index is 13.2. The van der Waals surface area contributed by atoms with Crippen LogP contribution in [-0.2, 0) is 23.7 Å². The zero-order chi connectivity index (χ0) is 50.3. The van der Waals surface area contributed by atoms with Gasteiger partial charge in [-0.05, 0) is 70.6 Å². The van der Waals surface area contributed by atoms with E-state index < -0.39 is 86.8 Å². The normalized spacial score (nSPS) is 26.5. The van der Waals surface area contributed by atoms with Gasteiger partial charge in [-0.25, -0.2) is 0 Å². The summed E-state index contributed by atoms with van der Waals surface area (Å²) in [7, 11) is 0. The van der Waals surface area contributed by atoms with E-state index in [2.05, 4.69) is 55.6 Å². The molecule has 2 heterocycles. The average molecular weight is 982 g/mol. The van der Waals surface area contributed by atoms with Crippen LogP contribution < -0.4 is 5.32 Å². The summed E-state index contributed by atoms with van der Waals surface area (Å²) in [5.41, 5.74) is 0. The minimum Gasteiger partial charge on any atom is -0.394 e. The molecular weight excluding hydrogens is 883 g/mol. The van der Waals surface area contributed by atoms with Crippen LogP contribution in [0.1, 0.15) is 200 Å². The Morgan fingerprint density at radius 1 is 0.507 bits per heavy atom. The van der Waals surface area contributed by atoms with Crippen molar-refractivity contribution in [1.29, 1.82) is 0 Å². The first-order valence-electron chi connectivity index (χ1n) is 27.4. The number of nitrogens with one attached hydrogen (secondary N) is 1. The van der Waals surface area contributed by atoms with E-state index >= 15 is 0 Å². The molecule has 12 unspecified atom stereocenters. The molecule has 2 aliphatic rings. The van der Waals surface area contributed by atoms with Gasteiger partial charge in [0.15, 0.2) is 12.6 Å². The Kier molecular flexibility index (Phi) is 37.9. The smallest absolute Gasteiger partial charge is 0.220 e. The number of rotatable bonds is 42. The fourth-order valence-electron chi connectivity index (χ4n) is 8.73. The van der Waals surface area contributed by atoms with E-state index in [9.17, 15) is 45.6 Å². The predicted octanol–water partition coefficient (Wildman–Crippen LogP) is 8.05. The number of aliphatic hydroxyl groups is 8. The Morgan fingerprint density at radius 2 is 0.928 bits per heavy atom. The quantitative estimate of drug-likeness (QED) is 0.0209. The van der Waals surface area contributed by atoms with Crippen molar-refractivity contribution in [2.45, 2.75) is 274 Å². The molecule has 0 bridgehead atoms. The van der Waals surface area contributed by atoms with Crippen molar-refractivity contribution >= 4 is 5.91 Å². The molecule has 1 amide bonds. The summed E-state index contributed by atoms with van der Waals surface area (Å²) in [4.78, 5) is 13.2. The van der Waals surface area contributed by atoms with Crippen LogP contribution in [0.15, 0.2) is 48.6 Å². The first-order valence-corrected chi connectivity index (χ1v) is 27.4. The lowest BCUT2D eigenvalue weighted by atomic mass is 9.97. The molecule has 402 valence electrons. The number of hydrogen-bond acceptors (Lipinski definition) is 13. The largest absolute Gasteiger partial charge is 0.394 e. The molecule has 0 aromatic rings. The number of amides is 1. The first-order chi connectivity index (χ1) is 33.6. The third-order valence-corrected chi connectivity index (χ3v) is 13.2. The van der Waals surface area contributed by atoms with E-state index in [0.717, 1.165) is 44.9 Å². The lowest BCUT2D eigenvalue weighted by Gasteiger charge is -2.46. The molecule has 0 spiro atoms. The van der Waals surface area contributed by atoms with Gasteiger partial charge in [-0.2, -0.15) is 0 Å². The molecule has 69 heavy (non-hydrogen) atoms. The van der Waals surface area contributed by atoms with Gasteiger partial charge in [-0.1, -0.05) is 172 Å². The molecule has 2 rings (SSSR count). The van der Waals surface area contributed by atoms with E-state index in [-0.39, 0.29) is 18.9 Å². The van der Waals surface area contributed by atoms with Crippen LogP contribution in [0.4, 0.5) is 0 Å².